The molecule has 4 rings (SSSR count). The van der Waals surface area contributed by atoms with Gasteiger partial charge in [-0.05, 0) is 30.4 Å². The summed E-state index contributed by atoms with van der Waals surface area (Å²) in [6.07, 6.45) is 15.6. The summed E-state index contributed by atoms with van der Waals surface area (Å²) >= 11 is 0. The number of hydrogen-bond donors (Lipinski definition) is 0. The zero-order valence-corrected chi connectivity index (χ0v) is 15.8. The van der Waals surface area contributed by atoms with Crippen molar-refractivity contribution in [3.8, 4) is 0 Å². The Hall–Kier alpha value is -1.84. The summed E-state index contributed by atoms with van der Waals surface area (Å²) in [5.74, 6) is 1.27. The van der Waals surface area contributed by atoms with Gasteiger partial charge in [0, 0.05) is 44.2 Å². The lowest BCUT2D eigenvalue weighted by molar-refractivity contribution is 0.0417. The molecule has 1 aromatic rings. The van der Waals surface area contributed by atoms with E-state index in [4.69, 9.17) is 4.74 Å². The van der Waals surface area contributed by atoms with Crippen molar-refractivity contribution in [2.45, 2.75) is 24.9 Å². The van der Waals surface area contributed by atoms with Crippen molar-refractivity contribution in [3.63, 3.8) is 0 Å². The number of allylic oxidation sites excluding steroid dienone is 3. The molecule has 2 fully saturated rings. The number of benzene rings is 1. The number of rotatable bonds is 6. The van der Waals surface area contributed by atoms with Gasteiger partial charge in [0.1, 0.15) is 0 Å². The molecule has 0 amide bonds. The maximum absolute atomic E-state index is 5.20. The minimum absolute atomic E-state index is 0.303. The molecular weight excluding hydrogens is 320 g/mol. The summed E-state index contributed by atoms with van der Waals surface area (Å²) in [5, 5.41) is 0. The second-order valence-corrected chi connectivity index (χ2v) is 7.93. The van der Waals surface area contributed by atoms with Crippen LogP contribution in [-0.2, 0) is 11.3 Å². The molecule has 1 saturated carbocycles. The van der Waals surface area contributed by atoms with E-state index in [2.05, 4.69) is 70.5 Å². The predicted octanol–water partition coefficient (Wildman–Crippen LogP) is 3.86. The molecule has 0 radical (unpaired) electrons. The van der Waals surface area contributed by atoms with Gasteiger partial charge in [-0.1, -0.05) is 54.6 Å². The van der Waals surface area contributed by atoms with Crippen LogP contribution in [0.15, 0.2) is 67.0 Å². The van der Waals surface area contributed by atoms with Crippen LogP contribution in [0.3, 0.4) is 0 Å². The molecule has 2 aliphatic carbocycles. The molecule has 3 aliphatic rings. The zero-order valence-electron chi connectivity index (χ0n) is 15.8. The average molecular weight is 351 g/mol. The molecule has 1 aromatic carbocycles. The molecular formula is C23H30N2O. The molecule has 26 heavy (non-hydrogen) atoms. The third-order valence-electron chi connectivity index (χ3n) is 6.14. The van der Waals surface area contributed by atoms with Crippen LogP contribution in [0.1, 0.15) is 18.4 Å². The molecule has 0 N–H and O–H groups in total. The second kappa shape index (κ2) is 7.81. The molecule has 3 heteroatoms. The number of methoxy groups -OCH3 is 1. The highest BCUT2D eigenvalue weighted by molar-refractivity contribution is 5.23. The normalized spacial score (nSPS) is 31.7. The molecule has 3 atom stereocenters. The van der Waals surface area contributed by atoms with Crippen molar-refractivity contribution in [1.29, 1.82) is 0 Å². The topological polar surface area (TPSA) is 15.7 Å². The van der Waals surface area contributed by atoms with Crippen LogP contribution in [0.4, 0.5) is 0 Å². The molecule has 1 spiro atoms. The lowest BCUT2D eigenvalue weighted by atomic mass is 9.97. The van der Waals surface area contributed by atoms with Gasteiger partial charge in [0.15, 0.2) is 0 Å². The smallest absolute Gasteiger partial charge is 0.0788 e. The van der Waals surface area contributed by atoms with Crippen LogP contribution in [0.5, 0.6) is 0 Å². The maximum atomic E-state index is 5.20. The fraction of sp³-hybridized carbons (Fsp3) is 0.478. The Balaban J connectivity index is 1.45. The first-order chi connectivity index (χ1) is 12.8. The Bertz CT molecular complexity index is 681. The van der Waals surface area contributed by atoms with E-state index >= 15 is 0 Å². The Kier molecular flexibility index (Phi) is 5.28. The minimum atomic E-state index is 0.303. The van der Waals surface area contributed by atoms with Gasteiger partial charge >= 0.3 is 0 Å². The van der Waals surface area contributed by atoms with Gasteiger partial charge < -0.3 is 4.74 Å². The summed E-state index contributed by atoms with van der Waals surface area (Å²) in [5.41, 5.74) is 1.72. The SMILES string of the molecule is CO/C=C/[C@@H]1C[C@@]12CN(Cc1ccccc1)CCN2CC1C=CC=CC1. The Morgan fingerprint density at radius 3 is 2.85 bits per heavy atom. The summed E-state index contributed by atoms with van der Waals surface area (Å²) in [6.45, 7) is 5.72. The van der Waals surface area contributed by atoms with Crippen LogP contribution in [0.2, 0.25) is 0 Å². The Morgan fingerprint density at radius 2 is 2.08 bits per heavy atom. The summed E-state index contributed by atoms with van der Waals surface area (Å²) in [4.78, 5) is 5.41. The van der Waals surface area contributed by atoms with Crippen LogP contribution < -0.4 is 0 Å². The number of hydrogen-bond acceptors (Lipinski definition) is 3. The fourth-order valence-corrected chi connectivity index (χ4v) is 4.64. The molecule has 1 saturated heterocycles. The van der Waals surface area contributed by atoms with Crippen molar-refractivity contribution >= 4 is 0 Å². The van der Waals surface area contributed by atoms with E-state index in [0.717, 1.165) is 26.2 Å². The van der Waals surface area contributed by atoms with Crippen molar-refractivity contribution in [2.75, 3.05) is 33.3 Å². The van der Waals surface area contributed by atoms with Crippen LogP contribution in [-0.4, -0.2) is 48.6 Å². The number of nitrogens with zero attached hydrogens (tertiary/aromatic N) is 2. The fourth-order valence-electron chi connectivity index (χ4n) is 4.64. The van der Waals surface area contributed by atoms with Crippen LogP contribution in [0, 0.1) is 11.8 Å². The van der Waals surface area contributed by atoms with E-state index in [1.54, 1.807) is 7.11 Å². The van der Waals surface area contributed by atoms with Gasteiger partial charge in [-0.3, -0.25) is 9.80 Å². The van der Waals surface area contributed by atoms with E-state index < -0.39 is 0 Å². The Labute approximate surface area is 157 Å². The molecule has 0 bridgehead atoms. The van der Waals surface area contributed by atoms with E-state index in [1.807, 2.05) is 6.26 Å². The van der Waals surface area contributed by atoms with Gasteiger partial charge in [0.2, 0.25) is 0 Å². The summed E-state index contributed by atoms with van der Waals surface area (Å²) in [7, 11) is 1.74. The third kappa shape index (κ3) is 3.79. The van der Waals surface area contributed by atoms with Crippen molar-refractivity contribution in [3.05, 3.63) is 72.5 Å². The molecule has 1 heterocycles. The van der Waals surface area contributed by atoms with E-state index in [-0.39, 0.29) is 0 Å². The molecule has 3 nitrogen and oxygen atoms in total. The second-order valence-electron chi connectivity index (χ2n) is 7.93. The van der Waals surface area contributed by atoms with Gasteiger partial charge in [-0.15, -0.1) is 0 Å². The maximum Gasteiger partial charge on any atom is 0.0788 e. The molecule has 1 aliphatic heterocycles. The largest absolute Gasteiger partial charge is 0.505 e. The van der Waals surface area contributed by atoms with Gasteiger partial charge in [0.05, 0.1) is 13.4 Å². The van der Waals surface area contributed by atoms with Gasteiger partial charge in [0.25, 0.3) is 0 Å². The average Bonchev–Trinajstić information content (AvgIpc) is 3.37. The number of ether oxygens (including phenoxy) is 1. The molecule has 0 aromatic heterocycles. The van der Waals surface area contributed by atoms with Crippen LogP contribution in [0.25, 0.3) is 0 Å². The van der Waals surface area contributed by atoms with Gasteiger partial charge in [-0.2, -0.15) is 0 Å². The summed E-state index contributed by atoms with van der Waals surface area (Å²) in [6, 6.07) is 10.9. The van der Waals surface area contributed by atoms with Gasteiger partial charge in [-0.25, -0.2) is 0 Å². The standard InChI is InChI=1S/C23H30N2O/c1-26-15-12-22-16-23(22)19-24(17-20-8-4-2-5-9-20)13-14-25(23)18-21-10-6-3-7-11-21/h2-10,12,15,21-22H,11,13-14,16-19H2,1H3/b15-12+/t21?,22-,23-/m1/s1. The minimum Gasteiger partial charge on any atom is -0.505 e. The first-order valence-corrected chi connectivity index (χ1v) is 9.84. The lowest BCUT2D eigenvalue weighted by Crippen LogP contribution is -2.56. The third-order valence-corrected chi connectivity index (χ3v) is 6.14. The van der Waals surface area contributed by atoms with Crippen LogP contribution >= 0.6 is 0 Å². The molecule has 1 unspecified atom stereocenters. The highest BCUT2D eigenvalue weighted by Gasteiger charge is 2.58. The monoisotopic (exact) mass is 350 g/mol. The first kappa shape index (κ1) is 17.6. The Morgan fingerprint density at radius 1 is 1.19 bits per heavy atom. The highest BCUT2D eigenvalue weighted by atomic mass is 16.5. The summed E-state index contributed by atoms with van der Waals surface area (Å²) < 4.78 is 5.20. The van der Waals surface area contributed by atoms with E-state index in [1.165, 1.54) is 24.9 Å². The number of piperazine rings is 1. The zero-order chi connectivity index (χ0) is 17.8. The first-order valence-electron chi connectivity index (χ1n) is 9.84. The van der Waals surface area contributed by atoms with Crippen molar-refractivity contribution in [2.24, 2.45) is 11.8 Å². The quantitative estimate of drug-likeness (QED) is 0.725. The highest BCUT2D eigenvalue weighted by Crippen LogP contribution is 2.52. The van der Waals surface area contributed by atoms with E-state index in [9.17, 15) is 0 Å². The van der Waals surface area contributed by atoms with E-state index in [0.29, 0.717) is 17.4 Å². The van der Waals surface area contributed by atoms with Crippen molar-refractivity contribution in [1.82, 2.24) is 9.80 Å². The van der Waals surface area contributed by atoms with Crippen molar-refractivity contribution < 1.29 is 4.74 Å². The lowest BCUT2D eigenvalue weighted by Gasteiger charge is -2.44. The predicted molar refractivity (Wildman–Crippen MR) is 107 cm³/mol. The molecule has 138 valence electrons.